The molecule has 0 N–H and O–H groups in total. The first-order valence-electron chi connectivity index (χ1n) is 7.43. The summed E-state index contributed by atoms with van der Waals surface area (Å²) < 4.78 is 0. The molecule has 0 heterocycles. The van der Waals surface area contributed by atoms with Crippen LogP contribution in [0.2, 0.25) is 0 Å². The van der Waals surface area contributed by atoms with Gasteiger partial charge in [-0.05, 0) is 54.3 Å². The Morgan fingerprint density at radius 3 is 2.36 bits per heavy atom. The van der Waals surface area contributed by atoms with E-state index in [9.17, 15) is 0 Å². The van der Waals surface area contributed by atoms with Crippen molar-refractivity contribution in [1.29, 1.82) is 0 Å². The van der Waals surface area contributed by atoms with E-state index in [1.54, 1.807) is 0 Å². The van der Waals surface area contributed by atoms with E-state index in [1.165, 1.54) is 11.1 Å². The van der Waals surface area contributed by atoms with E-state index in [0.29, 0.717) is 5.92 Å². The zero-order valence-corrected chi connectivity index (χ0v) is 13.0. The molecule has 0 spiro atoms. The zero-order chi connectivity index (χ0) is 15.5. The van der Waals surface area contributed by atoms with Crippen molar-refractivity contribution >= 4 is 0 Å². The summed E-state index contributed by atoms with van der Waals surface area (Å²) in [4.78, 5) is 0. The van der Waals surface area contributed by atoms with Crippen LogP contribution in [0, 0.1) is 43.3 Å². The van der Waals surface area contributed by atoms with Crippen LogP contribution in [0.15, 0.2) is 36.4 Å². The summed E-state index contributed by atoms with van der Waals surface area (Å²) in [6, 6.07) is 30.7. The van der Waals surface area contributed by atoms with Crippen molar-refractivity contribution in [2.45, 2.75) is 26.7 Å². The Kier molecular flexibility index (Phi) is 3.74. The lowest BCUT2D eigenvalue weighted by molar-refractivity contribution is 0.858. The van der Waals surface area contributed by atoms with E-state index in [1.807, 2.05) is 36.4 Å². The van der Waals surface area contributed by atoms with Crippen molar-refractivity contribution in [3.05, 3.63) is 83.9 Å². The monoisotopic (exact) mass is 280 g/mol. The highest BCUT2D eigenvalue weighted by molar-refractivity contribution is 5.82. The van der Waals surface area contributed by atoms with E-state index < -0.39 is 0 Å². The summed E-state index contributed by atoms with van der Waals surface area (Å²) in [5, 5.41) is 0. The summed E-state index contributed by atoms with van der Waals surface area (Å²) >= 11 is 0. The lowest BCUT2D eigenvalue weighted by Crippen LogP contribution is -1.94. The lowest BCUT2D eigenvalue weighted by Gasteiger charge is -2.12. The van der Waals surface area contributed by atoms with Gasteiger partial charge in [0.15, 0.2) is 0 Å². The Hall–Kier alpha value is -2.88. The predicted octanol–water partition coefficient (Wildman–Crippen LogP) is 5.25. The quantitative estimate of drug-likeness (QED) is 0.614. The summed E-state index contributed by atoms with van der Waals surface area (Å²) in [6.45, 7) is 6.53. The first-order chi connectivity index (χ1) is 10.7. The van der Waals surface area contributed by atoms with Gasteiger partial charge in [0.2, 0.25) is 0 Å². The third kappa shape index (κ3) is 2.51. The van der Waals surface area contributed by atoms with Gasteiger partial charge in [-0.2, -0.15) is 0 Å². The van der Waals surface area contributed by atoms with Gasteiger partial charge in [-0.3, -0.25) is 0 Å². The molecule has 0 aliphatic carbocycles. The van der Waals surface area contributed by atoms with E-state index in [4.69, 9.17) is 0 Å². The van der Waals surface area contributed by atoms with Crippen LogP contribution in [0.3, 0.4) is 0 Å². The van der Waals surface area contributed by atoms with Gasteiger partial charge in [-0.25, -0.2) is 0 Å². The first-order valence-corrected chi connectivity index (χ1v) is 7.43. The number of rotatable bonds is 3. The highest BCUT2D eigenvalue weighted by atomic mass is 14.1. The maximum absolute atomic E-state index is 3.26. The number of hydrogen-bond acceptors (Lipinski definition) is 0. The van der Waals surface area contributed by atoms with Gasteiger partial charge in [-0.15, -0.1) is 0 Å². The van der Waals surface area contributed by atoms with Crippen LogP contribution in [-0.4, -0.2) is 0 Å². The molecule has 0 unspecified atom stereocenters. The van der Waals surface area contributed by atoms with Gasteiger partial charge in [0.1, 0.15) is 0 Å². The predicted molar refractivity (Wildman–Crippen MR) is 89.2 cm³/mol. The van der Waals surface area contributed by atoms with E-state index in [2.05, 4.69) is 57.2 Å². The summed E-state index contributed by atoms with van der Waals surface area (Å²) in [7, 11) is 0. The smallest absolute Gasteiger partial charge is 0.0493 e. The molecule has 0 heteroatoms. The molecule has 0 saturated heterocycles. The maximum atomic E-state index is 3.26. The Labute approximate surface area is 133 Å². The van der Waals surface area contributed by atoms with Gasteiger partial charge >= 0.3 is 0 Å². The second-order valence-corrected chi connectivity index (χ2v) is 5.62. The third-order valence-electron chi connectivity index (χ3n) is 3.84. The van der Waals surface area contributed by atoms with E-state index in [-0.39, 0.29) is 0 Å². The molecule has 0 nitrogen and oxygen atoms in total. The molecular weight excluding hydrogens is 264 g/mol. The average Bonchev–Trinajstić information content (AvgIpc) is 2.56. The second kappa shape index (κ2) is 5.85. The Balaban J connectivity index is 2.21. The molecule has 0 aromatic heterocycles. The second-order valence-electron chi connectivity index (χ2n) is 5.62. The molecule has 0 atom stereocenters. The minimum absolute atomic E-state index is 0.456. The lowest BCUT2D eigenvalue weighted by atomic mass is 9.90. The molecular formula is C22H16. The van der Waals surface area contributed by atoms with Crippen molar-refractivity contribution in [2.24, 2.45) is 0 Å². The van der Waals surface area contributed by atoms with Gasteiger partial charge in [-0.1, -0.05) is 56.3 Å². The SMILES string of the molecule is Cc1c(-c2c#cccc2-c2c#cccc2)c#ccc1C(C)C. The highest BCUT2D eigenvalue weighted by Crippen LogP contribution is 2.32. The first kappa shape index (κ1) is 14.1. The summed E-state index contributed by atoms with van der Waals surface area (Å²) in [6.07, 6.45) is 0. The van der Waals surface area contributed by atoms with Crippen LogP contribution in [0.25, 0.3) is 22.3 Å². The highest BCUT2D eigenvalue weighted by Gasteiger charge is 2.12. The molecule has 0 amide bonds. The third-order valence-corrected chi connectivity index (χ3v) is 3.84. The van der Waals surface area contributed by atoms with Crippen LogP contribution in [0.4, 0.5) is 0 Å². The molecule has 0 bridgehead atoms. The fourth-order valence-electron chi connectivity index (χ4n) is 2.70. The minimum Gasteiger partial charge on any atom is -0.0696 e. The molecule has 22 heavy (non-hydrogen) atoms. The van der Waals surface area contributed by atoms with Crippen LogP contribution in [0.5, 0.6) is 0 Å². The van der Waals surface area contributed by atoms with Crippen LogP contribution in [0.1, 0.15) is 30.9 Å². The van der Waals surface area contributed by atoms with E-state index >= 15 is 0 Å². The standard InChI is InChI=1S/C22H16/c1-16(2)19-14-9-15-20(17(19)3)22-13-8-7-12-21(22)18-10-5-4-6-11-18/h4-5,7,10,12,14,16H,1-3H3. The summed E-state index contributed by atoms with van der Waals surface area (Å²) in [5.74, 6) is 0.456. The molecule has 3 aromatic carbocycles. The fraction of sp³-hybridized carbons (Fsp3) is 0.182. The fourth-order valence-corrected chi connectivity index (χ4v) is 2.70. The molecule has 3 rings (SSSR count). The molecule has 0 saturated carbocycles. The van der Waals surface area contributed by atoms with Crippen LogP contribution < -0.4 is 0 Å². The molecule has 104 valence electrons. The Bertz CT molecular complexity index is 767. The average molecular weight is 280 g/mol. The van der Waals surface area contributed by atoms with Gasteiger partial charge in [0.05, 0.1) is 0 Å². The van der Waals surface area contributed by atoms with Gasteiger partial charge in [0, 0.05) is 22.3 Å². The van der Waals surface area contributed by atoms with Crippen molar-refractivity contribution in [2.75, 3.05) is 0 Å². The normalized spacial score (nSPS) is 9.82. The zero-order valence-electron chi connectivity index (χ0n) is 13.0. The molecule has 0 aliphatic rings. The Morgan fingerprint density at radius 1 is 0.864 bits per heavy atom. The topological polar surface area (TPSA) is 0 Å². The van der Waals surface area contributed by atoms with Crippen molar-refractivity contribution in [1.82, 2.24) is 0 Å². The Morgan fingerprint density at radius 2 is 1.64 bits per heavy atom. The van der Waals surface area contributed by atoms with Gasteiger partial charge in [0.25, 0.3) is 0 Å². The molecule has 3 aromatic rings. The number of hydrogen-bond donors (Lipinski definition) is 0. The molecule has 0 aliphatic heterocycles. The van der Waals surface area contributed by atoms with Crippen molar-refractivity contribution in [3.8, 4) is 22.3 Å². The molecule has 0 fully saturated rings. The van der Waals surface area contributed by atoms with Crippen molar-refractivity contribution in [3.63, 3.8) is 0 Å². The molecule has 0 radical (unpaired) electrons. The van der Waals surface area contributed by atoms with Crippen molar-refractivity contribution < 1.29 is 0 Å². The summed E-state index contributed by atoms with van der Waals surface area (Å²) in [5.41, 5.74) is 6.63. The largest absolute Gasteiger partial charge is 0.0696 e. The van der Waals surface area contributed by atoms with Gasteiger partial charge < -0.3 is 0 Å². The van der Waals surface area contributed by atoms with Crippen LogP contribution >= 0.6 is 0 Å². The van der Waals surface area contributed by atoms with Crippen LogP contribution in [-0.2, 0) is 0 Å². The maximum Gasteiger partial charge on any atom is 0.0493 e. The minimum atomic E-state index is 0.456. The van der Waals surface area contributed by atoms with E-state index in [0.717, 1.165) is 22.3 Å².